The summed E-state index contributed by atoms with van der Waals surface area (Å²) in [5.41, 5.74) is 0.333. The third-order valence-corrected chi connectivity index (χ3v) is 4.52. The summed E-state index contributed by atoms with van der Waals surface area (Å²) in [6.07, 6.45) is 0.292. The quantitative estimate of drug-likeness (QED) is 0.826. The van der Waals surface area contributed by atoms with E-state index in [4.69, 9.17) is 10.4 Å². The average Bonchev–Trinajstić information content (AvgIpc) is 2.44. The van der Waals surface area contributed by atoms with Crippen LogP contribution in [0.3, 0.4) is 0 Å². The zero-order chi connectivity index (χ0) is 15.9. The minimum absolute atomic E-state index is 0.00364. The normalized spacial score (nSPS) is 10.8. The number of nitrogens with zero attached hydrogens (tertiary/aromatic N) is 2. The van der Waals surface area contributed by atoms with Crippen molar-refractivity contribution in [1.82, 2.24) is 4.31 Å². The van der Waals surface area contributed by atoms with E-state index < -0.39 is 20.7 Å². The summed E-state index contributed by atoms with van der Waals surface area (Å²) in [6, 6.07) is 5.42. The average molecular weight is 310 g/mol. The molecule has 0 atom stereocenters. The second kappa shape index (κ2) is 7.75. The van der Waals surface area contributed by atoms with Crippen molar-refractivity contribution in [3.05, 3.63) is 29.6 Å². The number of hydrogen-bond donors (Lipinski definition) is 1. The third-order valence-electron chi connectivity index (χ3n) is 2.63. The summed E-state index contributed by atoms with van der Waals surface area (Å²) in [7, 11) is -2.67. The van der Waals surface area contributed by atoms with Crippen LogP contribution in [0.2, 0.25) is 0 Å². The molecule has 0 spiro atoms. The first-order valence-corrected chi connectivity index (χ1v) is 7.60. The van der Waals surface area contributed by atoms with E-state index in [1.807, 2.05) is 6.07 Å². The highest BCUT2D eigenvalue weighted by molar-refractivity contribution is 7.89. The molecular weight excluding hydrogens is 295 g/mol. The molecule has 1 aromatic rings. The van der Waals surface area contributed by atoms with Crippen LogP contribution >= 0.6 is 0 Å². The molecule has 0 radical (unpaired) electrons. The minimum Gasteiger partial charge on any atom is -0.395 e. The lowest BCUT2D eigenvalue weighted by Gasteiger charge is -2.16. The van der Waals surface area contributed by atoms with Gasteiger partial charge in [0.25, 0.3) is 0 Å². The highest BCUT2D eigenvalue weighted by Gasteiger charge is 2.24. The fourth-order valence-corrected chi connectivity index (χ4v) is 2.72. The van der Waals surface area contributed by atoms with Crippen LogP contribution in [-0.2, 0) is 10.0 Å². The van der Waals surface area contributed by atoms with Gasteiger partial charge in [0.15, 0.2) is 0 Å². The van der Waals surface area contributed by atoms with Gasteiger partial charge in [-0.25, -0.2) is 12.8 Å². The van der Waals surface area contributed by atoms with Crippen molar-refractivity contribution in [2.24, 2.45) is 0 Å². The standard InChI is InChI=1S/C14H15FN2O3S/c1-17(9-4-8-16)21(19,20)14-7-6-12(11-13(14)15)5-2-3-10-18/h6-7,11,18H,3-4,9-10H2,1H3. The molecule has 1 rings (SSSR count). The van der Waals surface area contributed by atoms with Crippen molar-refractivity contribution in [3.8, 4) is 17.9 Å². The number of aliphatic hydroxyl groups is 1. The Bertz CT molecular complexity index is 699. The molecule has 0 saturated heterocycles. The van der Waals surface area contributed by atoms with Crippen molar-refractivity contribution < 1.29 is 17.9 Å². The molecule has 0 bridgehead atoms. The van der Waals surface area contributed by atoms with Crippen molar-refractivity contribution in [1.29, 1.82) is 5.26 Å². The molecule has 1 N–H and O–H groups in total. The van der Waals surface area contributed by atoms with Crippen LogP contribution in [0.4, 0.5) is 4.39 Å². The van der Waals surface area contributed by atoms with Gasteiger partial charge in [-0.05, 0) is 18.2 Å². The molecule has 112 valence electrons. The SMILES string of the molecule is CN(CCC#N)S(=O)(=O)c1ccc(C#CCCO)cc1F. The molecule has 0 aliphatic rings. The van der Waals surface area contributed by atoms with Gasteiger partial charge in [-0.1, -0.05) is 11.8 Å². The molecule has 0 fully saturated rings. The molecule has 21 heavy (non-hydrogen) atoms. The second-order valence-electron chi connectivity index (χ2n) is 4.16. The maximum atomic E-state index is 13.9. The van der Waals surface area contributed by atoms with E-state index >= 15 is 0 Å². The van der Waals surface area contributed by atoms with Crippen LogP contribution in [0.15, 0.2) is 23.1 Å². The lowest BCUT2D eigenvalue weighted by molar-refractivity contribution is 0.305. The van der Waals surface area contributed by atoms with Gasteiger partial charge in [-0.15, -0.1) is 0 Å². The number of nitriles is 1. The van der Waals surface area contributed by atoms with Crippen LogP contribution in [-0.4, -0.2) is 38.0 Å². The lowest BCUT2D eigenvalue weighted by Crippen LogP contribution is -2.28. The second-order valence-corrected chi connectivity index (χ2v) is 6.17. The van der Waals surface area contributed by atoms with E-state index in [2.05, 4.69) is 11.8 Å². The largest absolute Gasteiger partial charge is 0.395 e. The molecule has 0 aliphatic heterocycles. The fourth-order valence-electron chi connectivity index (χ4n) is 1.50. The molecule has 0 aromatic heterocycles. The topological polar surface area (TPSA) is 81.4 Å². The smallest absolute Gasteiger partial charge is 0.245 e. The van der Waals surface area contributed by atoms with Gasteiger partial charge in [0.05, 0.1) is 12.7 Å². The zero-order valence-electron chi connectivity index (χ0n) is 11.5. The van der Waals surface area contributed by atoms with E-state index in [1.165, 1.54) is 13.1 Å². The van der Waals surface area contributed by atoms with E-state index in [9.17, 15) is 12.8 Å². The minimum atomic E-state index is -3.96. The van der Waals surface area contributed by atoms with Crippen LogP contribution in [0, 0.1) is 29.0 Å². The number of hydrogen-bond acceptors (Lipinski definition) is 4. The molecular formula is C14H15FN2O3S. The Kier molecular flexibility index (Phi) is 6.32. The Balaban J connectivity index is 3.05. The fraction of sp³-hybridized carbons (Fsp3) is 0.357. The van der Waals surface area contributed by atoms with E-state index in [0.717, 1.165) is 16.4 Å². The molecule has 1 aromatic carbocycles. The predicted octanol–water partition coefficient (Wildman–Crippen LogP) is 1.09. The molecule has 0 heterocycles. The van der Waals surface area contributed by atoms with Gasteiger partial charge in [0, 0.05) is 32.0 Å². The maximum absolute atomic E-state index is 13.9. The number of sulfonamides is 1. The van der Waals surface area contributed by atoms with Gasteiger partial charge < -0.3 is 5.11 Å². The summed E-state index contributed by atoms with van der Waals surface area (Å²) >= 11 is 0. The highest BCUT2D eigenvalue weighted by Crippen LogP contribution is 2.19. The number of benzene rings is 1. The molecule has 0 unspecified atom stereocenters. The molecule has 0 saturated carbocycles. The number of rotatable bonds is 5. The molecule has 0 amide bonds. The van der Waals surface area contributed by atoms with Crippen LogP contribution in [0.5, 0.6) is 0 Å². The van der Waals surface area contributed by atoms with E-state index in [0.29, 0.717) is 5.56 Å². The summed E-state index contributed by atoms with van der Waals surface area (Å²) in [5, 5.41) is 17.1. The predicted molar refractivity (Wildman–Crippen MR) is 75.0 cm³/mol. The molecule has 7 heteroatoms. The highest BCUT2D eigenvalue weighted by atomic mass is 32.2. The molecule has 0 aliphatic carbocycles. The Hall–Kier alpha value is -1.93. The Morgan fingerprint density at radius 3 is 2.67 bits per heavy atom. The van der Waals surface area contributed by atoms with E-state index in [-0.39, 0.29) is 26.0 Å². The summed E-state index contributed by atoms with van der Waals surface area (Å²) in [4.78, 5) is -0.448. The summed E-state index contributed by atoms with van der Waals surface area (Å²) < 4.78 is 39.2. The first kappa shape index (κ1) is 17.1. The first-order chi connectivity index (χ1) is 9.93. The zero-order valence-corrected chi connectivity index (χ0v) is 12.3. The van der Waals surface area contributed by atoms with Gasteiger partial charge in [-0.3, -0.25) is 0 Å². The molecule has 5 nitrogen and oxygen atoms in total. The van der Waals surface area contributed by atoms with Crippen molar-refractivity contribution >= 4 is 10.0 Å². The number of aliphatic hydroxyl groups excluding tert-OH is 1. The third kappa shape index (κ3) is 4.54. The van der Waals surface area contributed by atoms with Crippen molar-refractivity contribution in [2.75, 3.05) is 20.2 Å². The first-order valence-electron chi connectivity index (χ1n) is 6.16. The lowest BCUT2D eigenvalue weighted by atomic mass is 10.2. The van der Waals surface area contributed by atoms with Crippen LogP contribution in [0.1, 0.15) is 18.4 Å². The Morgan fingerprint density at radius 2 is 2.10 bits per heavy atom. The van der Waals surface area contributed by atoms with Crippen molar-refractivity contribution in [2.45, 2.75) is 17.7 Å². The van der Waals surface area contributed by atoms with Gasteiger partial charge in [0.2, 0.25) is 10.0 Å². The van der Waals surface area contributed by atoms with Gasteiger partial charge in [0.1, 0.15) is 10.7 Å². The maximum Gasteiger partial charge on any atom is 0.245 e. The van der Waals surface area contributed by atoms with Crippen LogP contribution < -0.4 is 0 Å². The number of halogens is 1. The van der Waals surface area contributed by atoms with Crippen molar-refractivity contribution in [3.63, 3.8) is 0 Å². The summed E-state index contributed by atoms with van der Waals surface area (Å²) in [6.45, 7) is -0.0953. The van der Waals surface area contributed by atoms with Crippen LogP contribution in [0.25, 0.3) is 0 Å². The van der Waals surface area contributed by atoms with Gasteiger partial charge >= 0.3 is 0 Å². The van der Waals surface area contributed by atoms with E-state index in [1.54, 1.807) is 0 Å². The Labute approximate surface area is 123 Å². The monoisotopic (exact) mass is 310 g/mol. The summed E-state index contributed by atoms with van der Waals surface area (Å²) in [5.74, 6) is 4.36. The van der Waals surface area contributed by atoms with Gasteiger partial charge in [-0.2, -0.15) is 9.57 Å². The Morgan fingerprint density at radius 1 is 1.38 bits per heavy atom.